The Morgan fingerprint density at radius 1 is 1.29 bits per heavy atom. The van der Waals surface area contributed by atoms with Gasteiger partial charge in [-0.05, 0) is 25.5 Å². The molecule has 1 atom stereocenters. The molecule has 0 radical (unpaired) electrons. The van der Waals surface area contributed by atoms with Crippen molar-refractivity contribution in [1.82, 2.24) is 5.32 Å². The lowest BCUT2D eigenvalue weighted by Crippen LogP contribution is -2.33. The fourth-order valence-corrected chi connectivity index (χ4v) is 1.73. The second-order valence-electron chi connectivity index (χ2n) is 4.64. The minimum absolute atomic E-state index is 0.0213. The maximum absolute atomic E-state index is 12.2. The Labute approximate surface area is 124 Å². The molecule has 1 aromatic carbocycles. The monoisotopic (exact) mass is 295 g/mol. The van der Waals surface area contributed by atoms with E-state index in [1.54, 1.807) is 38.3 Å². The molecule has 0 aliphatic heterocycles. The van der Waals surface area contributed by atoms with Gasteiger partial charge >= 0.3 is 5.97 Å². The van der Waals surface area contributed by atoms with Crippen molar-refractivity contribution >= 4 is 11.9 Å². The predicted molar refractivity (Wildman–Crippen MR) is 77.6 cm³/mol. The van der Waals surface area contributed by atoms with Gasteiger partial charge < -0.3 is 19.9 Å². The molecular weight excluding hydrogens is 274 g/mol. The number of nitrogens with one attached hydrogen (secondary N) is 1. The van der Waals surface area contributed by atoms with Crippen molar-refractivity contribution in [3.05, 3.63) is 29.8 Å². The van der Waals surface area contributed by atoms with Gasteiger partial charge in [0.1, 0.15) is 12.4 Å². The molecule has 1 aromatic rings. The summed E-state index contributed by atoms with van der Waals surface area (Å²) in [5.74, 6) is -0.669. The lowest BCUT2D eigenvalue weighted by atomic mass is 10.1. The molecule has 21 heavy (non-hydrogen) atoms. The molecule has 0 fully saturated rings. The summed E-state index contributed by atoms with van der Waals surface area (Å²) in [7, 11) is 1.58. The first kappa shape index (κ1) is 17.0. The van der Waals surface area contributed by atoms with Gasteiger partial charge in [-0.1, -0.05) is 12.1 Å². The SMILES string of the molecule is COCCOc1ccccc1C(=O)NC(C)CCC(=O)O. The Hall–Kier alpha value is -2.08. The van der Waals surface area contributed by atoms with E-state index in [1.165, 1.54) is 0 Å². The molecule has 0 saturated heterocycles. The Kier molecular flexibility index (Phi) is 7.25. The van der Waals surface area contributed by atoms with Crippen molar-refractivity contribution in [3.63, 3.8) is 0 Å². The van der Waals surface area contributed by atoms with Crippen LogP contribution in [0.2, 0.25) is 0 Å². The number of methoxy groups -OCH3 is 1. The summed E-state index contributed by atoms with van der Waals surface area (Å²) < 4.78 is 10.4. The van der Waals surface area contributed by atoms with Gasteiger partial charge in [-0.25, -0.2) is 0 Å². The third kappa shape index (κ3) is 6.27. The average Bonchev–Trinajstić information content (AvgIpc) is 2.46. The van der Waals surface area contributed by atoms with E-state index in [4.69, 9.17) is 14.6 Å². The van der Waals surface area contributed by atoms with Crippen LogP contribution in [0.5, 0.6) is 5.75 Å². The molecule has 1 rings (SSSR count). The number of carboxylic acid groups (broad SMARTS) is 1. The molecular formula is C15H21NO5. The van der Waals surface area contributed by atoms with E-state index in [1.807, 2.05) is 0 Å². The van der Waals surface area contributed by atoms with Gasteiger partial charge in [-0.15, -0.1) is 0 Å². The zero-order valence-corrected chi connectivity index (χ0v) is 12.3. The molecule has 0 spiro atoms. The van der Waals surface area contributed by atoms with Crippen LogP contribution in [0.15, 0.2) is 24.3 Å². The summed E-state index contributed by atoms with van der Waals surface area (Å²) in [6.07, 6.45) is 0.404. The van der Waals surface area contributed by atoms with Crippen LogP contribution in [0.3, 0.4) is 0 Å². The number of hydrogen-bond donors (Lipinski definition) is 2. The first-order valence-electron chi connectivity index (χ1n) is 6.78. The maximum atomic E-state index is 12.2. The van der Waals surface area contributed by atoms with Crippen LogP contribution in [0.1, 0.15) is 30.1 Å². The van der Waals surface area contributed by atoms with E-state index in [-0.39, 0.29) is 18.4 Å². The molecule has 1 unspecified atom stereocenters. The number of carboxylic acids is 1. The molecule has 0 saturated carbocycles. The molecule has 6 heteroatoms. The van der Waals surface area contributed by atoms with Gasteiger partial charge in [0.2, 0.25) is 0 Å². The highest BCUT2D eigenvalue weighted by molar-refractivity contribution is 5.97. The molecule has 0 bridgehead atoms. The number of benzene rings is 1. The van der Waals surface area contributed by atoms with Crippen LogP contribution >= 0.6 is 0 Å². The van der Waals surface area contributed by atoms with E-state index in [0.29, 0.717) is 30.9 Å². The van der Waals surface area contributed by atoms with E-state index < -0.39 is 5.97 Å². The first-order valence-corrected chi connectivity index (χ1v) is 6.78. The quantitative estimate of drug-likeness (QED) is 0.677. The number of rotatable bonds is 9. The predicted octanol–water partition coefficient (Wildman–Crippen LogP) is 1.69. The Morgan fingerprint density at radius 2 is 2.00 bits per heavy atom. The third-order valence-corrected chi connectivity index (χ3v) is 2.85. The summed E-state index contributed by atoms with van der Waals surface area (Å²) in [4.78, 5) is 22.7. The maximum Gasteiger partial charge on any atom is 0.303 e. The number of carbonyl (C=O) groups is 2. The number of carbonyl (C=O) groups excluding carboxylic acids is 1. The van der Waals surface area contributed by atoms with Crippen LogP contribution in [0, 0.1) is 0 Å². The average molecular weight is 295 g/mol. The van der Waals surface area contributed by atoms with Crippen LogP contribution < -0.4 is 10.1 Å². The highest BCUT2D eigenvalue weighted by atomic mass is 16.5. The van der Waals surface area contributed by atoms with Gasteiger partial charge in [0.05, 0.1) is 12.2 Å². The number of amides is 1. The fraction of sp³-hybridized carbons (Fsp3) is 0.467. The van der Waals surface area contributed by atoms with E-state index in [9.17, 15) is 9.59 Å². The molecule has 0 aliphatic rings. The highest BCUT2D eigenvalue weighted by Gasteiger charge is 2.15. The molecule has 0 aromatic heterocycles. The zero-order valence-electron chi connectivity index (χ0n) is 12.3. The summed E-state index contributed by atoms with van der Waals surface area (Å²) in [5, 5.41) is 11.4. The van der Waals surface area contributed by atoms with Crippen molar-refractivity contribution in [2.24, 2.45) is 0 Å². The minimum atomic E-state index is -0.876. The van der Waals surface area contributed by atoms with Gasteiger partial charge in [-0.3, -0.25) is 9.59 Å². The smallest absolute Gasteiger partial charge is 0.303 e. The number of hydrogen-bond acceptors (Lipinski definition) is 4. The lowest BCUT2D eigenvalue weighted by Gasteiger charge is -2.15. The Bertz CT molecular complexity index is 475. The minimum Gasteiger partial charge on any atom is -0.490 e. The van der Waals surface area contributed by atoms with E-state index in [2.05, 4.69) is 5.32 Å². The van der Waals surface area contributed by atoms with Crippen molar-refractivity contribution in [2.75, 3.05) is 20.3 Å². The van der Waals surface area contributed by atoms with E-state index >= 15 is 0 Å². The lowest BCUT2D eigenvalue weighted by molar-refractivity contribution is -0.137. The normalized spacial score (nSPS) is 11.7. The van der Waals surface area contributed by atoms with Crippen molar-refractivity contribution < 1.29 is 24.2 Å². The standard InChI is InChI=1S/C15H21NO5/c1-11(7-8-14(17)18)16-15(19)12-5-3-4-6-13(12)21-10-9-20-2/h3-6,11H,7-10H2,1-2H3,(H,16,19)(H,17,18). The summed E-state index contributed by atoms with van der Waals surface area (Å²) in [5.41, 5.74) is 0.427. The first-order chi connectivity index (χ1) is 10.0. The van der Waals surface area contributed by atoms with Crippen LogP contribution in [0.25, 0.3) is 0 Å². The van der Waals surface area contributed by atoms with E-state index in [0.717, 1.165) is 0 Å². The molecule has 2 N–H and O–H groups in total. The molecule has 6 nitrogen and oxygen atoms in total. The summed E-state index contributed by atoms with van der Waals surface area (Å²) in [6, 6.07) is 6.70. The summed E-state index contributed by atoms with van der Waals surface area (Å²) >= 11 is 0. The highest BCUT2D eigenvalue weighted by Crippen LogP contribution is 2.18. The van der Waals surface area contributed by atoms with Crippen molar-refractivity contribution in [1.29, 1.82) is 0 Å². The van der Waals surface area contributed by atoms with Crippen LogP contribution in [-0.4, -0.2) is 43.3 Å². The third-order valence-electron chi connectivity index (χ3n) is 2.85. The van der Waals surface area contributed by atoms with Gasteiger partial charge in [0, 0.05) is 19.6 Å². The van der Waals surface area contributed by atoms with Crippen LogP contribution in [0.4, 0.5) is 0 Å². The number of ether oxygens (including phenoxy) is 2. The Morgan fingerprint density at radius 3 is 2.67 bits per heavy atom. The zero-order chi connectivity index (χ0) is 15.7. The van der Waals surface area contributed by atoms with Gasteiger partial charge in [0.15, 0.2) is 0 Å². The molecule has 0 aliphatic carbocycles. The Balaban J connectivity index is 2.62. The second-order valence-corrected chi connectivity index (χ2v) is 4.64. The van der Waals surface area contributed by atoms with Crippen LogP contribution in [-0.2, 0) is 9.53 Å². The second kappa shape index (κ2) is 8.97. The molecule has 1 amide bonds. The fourth-order valence-electron chi connectivity index (χ4n) is 1.73. The molecule has 0 heterocycles. The summed E-state index contributed by atoms with van der Waals surface area (Å²) in [6.45, 7) is 2.57. The van der Waals surface area contributed by atoms with Gasteiger partial charge in [0.25, 0.3) is 5.91 Å². The van der Waals surface area contributed by atoms with Crippen molar-refractivity contribution in [3.8, 4) is 5.75 Å². The van der Waals surface area contributed by atoms with Crippen molar-refractivity contribution in [2.45, 2.75) is 25.8 Å². The topological polar surface area (TPSA) is 84.9 Å². The number of para-hydroxylation sites is 1. The largest absolute Gasteiger partial charge is 0.490 e. The van der Waals surface area contributed by atoms with Gasteiger partial charge in [-0.2, -0.15) is 0 Å². The number of aliphatic carboxylic acids is 1. The molecule has 116 valence electrons.